The van der Waals surface area contributed by atoms with Crippen molar-refractivity contribution in [3.8, 4) is 0 Å². The summed E-state index contributed by atoms with van der Waals surface area (Å²) in [6.07, 6.45) is 1.20. The maximum atomic E-state index is 12.7. The molecule has 0 aromatic heterocycles. The van der Waals surface area contributed by atoms with E-state index >= 15 is 0 Å². The van der Waals surface area contributed by atoms with Crippen LogP contribution in [0.15, 0.2) is 51.9 Å². The van der Waals surface area contributed by atoms with Crippen molar-refractivity contribution in [3.05, 3.63) is 57.5 Å². The molecule has 132 valence electrons. The molecule has 1 saturated heterocycles. The topological polar surface area (TPSA) is 78.8 Å². The molecular weight excluding hydrogens is 422 g/mol. The Kier molecular flexibility index (Phi) is 5.20. The van der Waals surface area contributed by atoms with Crippen LogP contribution in [0.25, 0.3) is 0 Å². The van der Waals surface area contributed by atoms with Gasteiger partial charge in [-0.1, -0.05) is 39.7 Å². The molecule has 8 heteroatoms. The quantitative estimate of drug-likeness (QED) is 0.585. The number of rotatable bonds is 3. The fraction of sp³-hybridized carbons (Fsp3) is 0.111. The lowest BCUT2D eigenvalue weighted by Gasteiger charge is -2.28. The lowest BCUT2D eigenvalue weighted by molar-refractivity contribution is -0.131. The molecule has 1 heterocycles. The van der Waals surface area contributed by atoms with Crippen LogP contribution in [0, 0.1) is 12.8 Å². The molecule has 3 rings (SSSR count). The van der Waals surface area contributed by atoms with E-state index in [2.05, 4.69) is 26.2 Å². The number of aryl methyl sites for hydroxylation is 1. The molecule has 1 fully saturated rings. The number of anilines is 1. The van der Waals surface area contributed by atoms with E-state index in [-0.39, 0.29) is 0 Å². The number of carbonyl (C=O) groups is 3. The molecule has 2 aromatic carbocycles. The molecule has 1 N–H and O–H groups in total. The van der Waals surface area contributed by atoms with Crippen LogP contribution in [0.4, 0.5) is 16.2 Å². The molecule has 1 atom stereocenters. The van der Waals surface area contributed by atoms with Crippen LogP contribution in [0.3, 0.4) is 0 Å². The standard InChI is InChI=1S/C18H13BrClN3O3/c1-10-3-2-4-12(7-10)23-17(25)13(16(24)22-18(23)26)9-21-15-6-5-11(19)8-14(15)20/h2-9,13H,1H3,(H,22,24,26)/t13-/m1/s1. The normalized spacial score (nSPS) is 17.7. The first-order chi connectivity index (χ1) is 12.4. The van der Waals surface area contributed by atoms with E-state index in [1.807, 2.05) is 13.0 Å². The molecule has 0 spiro atoms. The maximum Gasteiger partial charge on any atom is 0.335 e. The van der Waals surface area contributed by atoms with Gasteiger partial charge in [-0.15, -0.1) is 0 Å². The molecule has 6 nitrogen and oxygen atoms in total. The fourth-order valence-electron chi connectivity index (χ4n) is 2.47. The number of hydrogen-bond donors (Lipinski definition) is 1. The molecule has 26 heavy (non-hydrogen) atoms. The van der Waals surface area contributed by atoms with Gasteiger partial charge in [0.25, 0.3) is 5.91 Å². The van der Waals surface area contributed by atoms with Crippen molar-refractivity contribution >= 4 is 63.0 Å². The van der Waals surface area contributed by atoms with Gasteiger partial charge in [-0.3, -0.25) is 19.9 Å². The second-order valence-electron chi connectivity index (χ2n) is 5.66. The van der Waals surface area contributed by atoms with E-state index in [0.717, 1.165) is 14.9 Å². The monoisotopic (exact) mass is 433 g/mol. The van der Waals surface area contributed by atoms with Gasteiger partial charge in [-0.05, 0) is 42.8 Å². The van der Waals surface area contributed by atoms with Crippen molar-refractivity contribution in [3.63, 3.8) is 0 Å². The zero-order valence-electron chi connectivity index (χ0n) is 13.6. The third-order valence-electron chi connectivity index (χ3n) is 3.73. The Labute approximate surface area is 163 Å². The first-order valence-electron chi connectivity index (χ1n) is 7.61. The van der Waals surface area contributed by atoms with E-state index in [1.54, 1.807) is 36.4 Å². The van der Waals surface area contributed by atoms with Crippen molar-refractivity contribution in [2.75, 3.05) is 4.90 Å². The summed E-state index contributed by atoms with van der Waals surface area (Å²) in [4.78, 5) is 42.1. The Balaban J connectivity index is 1.91. The molecule has 1 aliphatic rings. The van der Waals surface area contributed by atoms with Crippen molar-refractivity contribution in [2.45, 2.75) is 6.92 Å². The number of imide groups is 2. The van der Waals surface area contributed by atoms with Gasteiger partial charge >= 0.3 is 6.03 Å². The summed E-state index contributed by atoms with van der Waals surface area (Å²) in [6, 6.07) is 11.1. The summed E-state index contributed by atoms with van der Waals surface area (Å²) < 4.78 is 0.782. The SMILES string of the molecule is Cc1cccc(N2C(=O)NC(=O)[C@@H](C=Nc3ccc(Br)cc3Cl)C2=O)c1. The third-order valence-corrected chi connectivity index (χ3v) is 4.53. The number of aliphatic imine (C=N–C) groups is 1. The molecule has 0 radical (unpaired) electrons. The van der Waals surface area contributed by atoms with Gasteiger partial charge in [-0.2, -0.15) is 0 Å². The minimum atomic E-state index is -1.23. The molecule has 0 bridgehead atoms. The van der Waals surface area contributed by atoms with Gasteiger partial charge < -0.3 is 0 Å². The predicted molar refractivity (Wildman–Crippen MR) is 103 cm³/mol. The van der Waals surface area contributed by atoms with Crippen molar-refractivity contribution in [2.24, 2.45) is 10.9 Å². The Morgan fingerprint density at radius 3 is 2.65 bits per heavy atom. The van der Waals surface area contributed by atoms with Crippen LogP contribution in [-0.4, -0.2) is 24.1 Å². The first-order valence-corrected chi connectivity index (χ1v) is 8.78. The van der Waals surface area contributed by atoms with Crippen LogP contribution in [0.5, 0.6) is 0 Å². The summed E-state index contributed by atoms with van der Waals surface area (Å²) in [7, 11) is 0. The zero-order valence-corrected chi connectivity index (χ0v) is 15.9. The molecule has 2 aromatic rings. The van der Waals surface area contributed by atoms with Gasteiger partial charge in [-0.25, -0.2) is 9.69 Å². The average molecular weight is 435 g/mol. The summed E-state index contributed by atoms with van der Waals surface area (Å²) in [5, 5.41) is 2.55. The summed E-state index contributed by atoms with van der Waals surface area (Å²) in [5.74, 6) is -2.62. The van der Waals surface area contributed by atoms with Crippen LogP contribution in [0.2, 0.25) is 5.02 Å². The third kappa shape index (κ3) is 3.68. The second kappa shape index (κ2) is 7.39. The summed E-state index contributed by atoms with van der Waals surface area (Å²) >= 11 is 9.38. The van der Waals surface area contributed by atoms with Gasteiger partial charge in [0, 0.05) is 10.7 Å². The van der Waals surface area contributed by atoms with E-state index in [0.29, 0.717) is 16.4 Å². The molecule has 0 saturated carbocycles. The predicted octanol–water partition coefficient (Wildman–Crippen LogP) is 4.01. The van der Waals surface area contributed by atoms with Gasteiger partial charge in [0.2, 0.25) is 5.91 Å². The lowest BCUT2D eigenvalue weighted by atomic mass is 10.1. The Morgan fingerprint density at radius 1 is 1.19 bits per heavy atom. The van der Waals surface area contributed by atoms with Crippen LogP contribution < -0.4 is 10.2 Å². The number of halogens is 2. The number of nitrogens with one attached hydrogen (secondary N) is 1. The molecule has 4 amide bonds. The highest BCUT2D eigenvalue weighted by molar-refractivity contribution is 9.10. The molecular formula is C18H13BrClN3O3. The van der Waals surface area contributed by atoms with Crippen LogP contribution in [-0.2, 0) is 9.59 Å². The van der Waals surface area contributed by atoms with Gasteiger partial charge in [0.05, 0.1) is 16.4 Å². The zero-order chi connectivity index (χ0) is 18.8. The summed E-state index contributed by atoms with van der Waals surface area (Å²) in [5.41, 5.74) is 1.68. The van der Waals surface area contributed by atoms with Crippen molar-refractivity contribution in [1.82, 2.24) is 5.32 Å². The Bertz CT molecular complexity index is 945. The number of carbonyl (C=O) groups excluding carboxylic acids is 3. The van der Waals surface area contributed by atoms with E-state index in [4.69, 9.17) is 11.6 Å². The first kappa shape index (κ1) is 18.3. The van der Waals surface area contributed by atoms with Crippen LogP contribution >= 0.6 is 27.5 Å². The smallest absolute Gasteiger partial charge is 0.276 e. The largest absolute Gasteiger partial charge is 0.335 e. The lowest BCUT2D eigenvalue weighted by Crippen LogP contribution is -2.58. The van der Waals surface area contributed by atoms with E-state index in [1.165, 1.54) is 6.21 Å². The number of amides is 4. The van der Waals surface area contributed by atoms with Gasteiger partial charge in [0.15, 0.2) is 5.92 Å². The van der Waals surface area contributed by atoms with Crippen molar-refractivity contribution in [1.29, 1.82) is 0 Å². The highest BCUT2D eigenvalue weighted by atomic mass is 79.9. The Morgan fingerprint density at radius 2 is 1.96 bits per heavy atom. The van der Waals surface area contributed by atoms with E-state index < -0.39 is 23.8 Å². The number of nitrogens with zero attached hydrogens (tertiary/aromatic N) is 2. The van der Waals surface area contributed by atoms with E-state index in [9.17, 15) is 14.4 Å². The summed E-state index contributed by atoms with van der Waals surface area (Å²) in [6.45, 7) is 1.84. The highest BCUT2D eigenvalue weighted by Crippen LogP contribution is 2.28. The number of hydrogen-bond acceptors (Lipinski definition) is 4. The molecule has 0 unspecified atom stereocenters. The van der Waals surface area contributed by atoms with Gasteiger partial charge in [0.1, 0.15) is 0 Å². The minimum Gasteiger partial charge on any atom is -0.276 e. The van der Waals surface area contributed by atoms with Crippen molar-refractivity contribution < 1.29 is 14.4 Å². The minimum absolute atomic E-state index is 0.367. The highest BCUT2D eigenvalue weighted by Gasteiger charge is 2.40. The number of benzene rings is 2. The fourth-order valence-corrected chi connectivity index (χ4v) is 3.20. The molecule has 1 aliphatic heterocycles. The number of urea groups is 1. The maximum absolute atomic E-state index is 12.7. The second-order valence-corrected chi connectivity index (χ2v) is 6.98. The molecule has 0 aliphatic carbocycles. The number of barbiturate groups is 1. The average Bonchev–Trinajstić information content (AvgIpc) is 2.56. The Hall–Kier alpha value is -2.51. The van der Waals surface area contributed by atoms with Crippen LogP contribution in [0.1, 0.15) is 5.56 Å².